The summed E-state index contributed by atoms with van der Waals surface area (Å²) in [5.74, 6) is 1.81. The van der Waals surface area contributed by atoms with Crippen molar-refractivity contribution in [1.82, 2.24) is 5.32 Å². The minimum atomic E-state index is 0.373. The summed E-state index contributed by atoms with van der Waals surface area (Å²) in [4.78, 5) is 0. The molecule has 0 bridgehead atoms. The highest BCUT2D eigenvalue weighted by atomic mass is 16.5. The summed E-state index contributed by atoms with van der Waals surface area (Å²) < 4.78 is 11.6. The summed E-state index contributed by atoms with van der Waals surface area (Å²) in [6.45, 7) is 3.63. The summed E-state index contributed by atoms with van der Waals surface area (Å²) in [6, 6.07) is 6.54. The molecule has 0 amide bonds. The van der Waals surface area contributed by atoms with Crippen molar-refractivity contribution in [1.29, 1.82) is 0 Å². The van der Waals surface area contributed by atoms with E-state index in [2.05, 4.69) is 18.3 Å². The predicted molar refractivity (Wildman–Crippen MR) is 68.8 cm³/mol. The van der Waals surface area contributed by atoms with E-state index in [-0.39, 0.29) is 0 Å². The lowest BCUT2D eigenvalue weighted by atomic mass is 10.0. The van der Waals surface area contributed by atoms with Crippen molar-refractivity contribution < 1.29 is 9.47 Å². The number of rotatable bonds is 4. The Morgan fingerprint density at radius 2 is 2.35 bits per heavy atom. The van der Waals surface area contributed by atoms with Crippen LogP contribution in [0.15, 0.2) is 18.2 Å². The zero-order valence-electron chi connectivity index (χ0n) is 10.7. The van der Waals surface area contributed by atoms with Gasteiger partial charge in [0.25, 0.3) is 0 Å². The number of ether oxygens (including phenoxy) is 2. The molecule has 1 atom stereocenters. The third-order valence-electron chi connectivity index (χ3n) is 3.08. The SMILES string of the molecule is CCCOc1cccc2c1OCCCC2NC. The standard InChI is InChI=1S/C14H21NO2/c1-3-9-16-13-8-4-6-11-12(15-2)7-5-10-17-14(11)13/h4,6,8,12,15H,3,5,7,9-10H2,1-2H3. The summed E-state index contributed by atoms with van der Waals surface area (Å²) in [6.07, 6.45) is 3.20. The summed E-state index contributed by atoms with van der Waals surface area (Å²) in [5.41, 5.74) is 1.22. The Hall–Kier alpha value is -1.22. The van der Waals surface area contributed by atoms with Crippen molar-refractivity contribution in [2.75, 3.05) is 20.3 Å². The van der Waals surface area contributed by atoms with Crippen LogP contribution in [0.5, 0.6) is 11.5 Å². The summed E-state index contributed by atoms with van der Waals surface area (Å²) >= 11 is 0. The van der Waals surface area contributed by atoms with E-state index in [4.69, 9.17) is 9.47 Å². The first-order valence-corrected chi connectivity index (χ1v) is 6.42. The molecule has 1 aromatic rings. The van der Waals surface area contributed by atoms with E-state index in [0.29, 0.717) is 6.04 Å². The van der Waals surface area contributed by atoms with Gasteiger partial charge in [0.15, 0.2) is 11.5 Å². The molecule has 2 rings (SSSR count). The van der Waals surface area contributed by atoms with E-state index in [1.165, 1.54) is 5.56 Å². The fraction of sp³-hybridized carbons (Fsp3) is 0.571. The highest BCUT2D eigenvalue weighted by Gasteiger charge is 2.21. The molecule has 0 radical (unpaired) electrons. The van der Waals surface area contributed by atoms with Gasteiger partial charge in [-0.3, -0.25) is 0 Å². The van der Waals surface area contributed by atoms with Gasteiger partial charge in [-0.2, -0.15) is 0 Å². The first-order chi connectivity index (χ1) is 8.36. The lowest BCUT2D eigenvalue weighted by molar-refractivity contribution is 0.269. The number of hydrogen-bond acceptors (Lipinski definition) is 3. The monoisotopic (exact) mass is 235 g/mol. The third-order valence-corrected chi connectivity index (χ3v) is 3.08. The van der Waals surface area contributed by atoms with Crippen LogP contribution in [0.25, 0.3) is 0 Å². The average molecular weight is 235 g/mol. The highest BCUT2D eigenvalue weighted by Crippen LogP contribution is 2.38. The molecular formula is C14H21NO2. The van der Waals surface area contributed by atoms with Crippen LogP contribution in [0.3, 0.4) is 0 Å². The maximum Gasteiger partial charge on any atom is 0.165 e. The van der Waals surface area contributed by atoms with Crippen LogP contribution in [0.1, 0.15) is 37.8 Å². The van der Waals surface area contributed by atoms with Crippen LogP contribution in [-0.2, 0) is 0 Å². The second-order valence-electron chi connectivity index (χ2n) is 4.35. The largest absolute Gasteiger partial charge is 0.490 e. The molecule has 1 aliphatic heterocycles. The van der Waals surface area contributed by atoms with E-state index in [9.17, 15) is 0 Å². The van der Waals surface area contributed by atoms with Gasteiger partial charge in [-0.25, -0.2) is 0 Å². The molecule has 1 unspecified atom stereocenters. The maximum absolute atomic E-state index is 5.84. The Bertz CT molecular complexity index is 365. The van der Waals surface area contributed by atoms with Gasteiger partial charge in [0.05, 0.1) is 13.2 Å². The molecule has 1 N–H and O–H groups in total. The first-order valence-electron chi connectivity index (χ1n) is 6.42. The Balaban J connectivity index is 2.30. The van der Waals surface area contributed by atoms with Gasteiger partial charge >= 0.3 is 0 Å². The van der Waals surface area contributed by atoms with Gasteiger partial charge in [0.2, 0.25) is 0 Å². The second kappa shape index (κ2) is 5.92. The molecular weight excluding hydrogens is 214 g/mol. The molecule has 0 spiro atoms. The van der Waals surface area contributed by atoms with Crippen molar-refractivity contribution in [3.05, 3.63) is 23.8 Å². The fourth-order valence-corrected chi connectivity index (χ4v) is 2.20. The van der Waals surface area contributed by atoms with E-state index in [1.54, 1.807) is 0 Å². The Labute approximate surface area is 103 Å². The smallest absolute Gasteiger partial charge is 0.165 e. The zero-order valence-corrected chi connectivity index (χ0v) is 10.7. The number of fused-ring (bicyclic) bond motifs is 1. The molecule has 0 saturated carbocycles. The Morgan fingerprint density at radius 3 is 3.12 bits per heavy atom. The zero-order chi connectivity index (χ0) is 12.1. The van der Waals surface area contributed by atoms with Crippen LogP contribution in [0.2, 0.25) is 0 Å². The molecule has 17 heavy (non-hydrogen) atoms. The maximum atomic E-state index is 5.84. The first kappa shape index (κ1) is 12.2. The van der Waals surface area contributed by atoms with Crippen molar-refractivity contribution in [2.24, 2.45) is 0 Å². The number of benzene rings is 1. The van der Waals surface area contributed by atoms with Crippen LogP contribution in [0.4, 0.5) is 0 Å². The summed E-state index contributed by atoms with van der Waals surface area (Å²) in [5, 5.41) is 3.35. The van der Waals surface area contributed by atoms with Gasteiger partial charge < -0.3 is 14.8 Å². The van der Waals surface area contributed by atoms with Crippen molar-refractivity contribution in [3.8, 4) is 11.5 Å². The van der Waals surface area contributed by atoms with Crippen LogP contribution < -0.4 is 14.8 Å². The minimum absolute atomic E-state index is 0.373. The third kappa shape index (κ3) is 2.72. The van der Waals surface area contributed by atoms with Gasteiger partial charge in [-0.15, -0.1) is 0 Å². The van der Waals surface area contributed by atoms with Gasteiger partial charge in [0.1, 0.15) is 0 Å². The molecule has 3 nitrogen and oxygen atoms in total. The van der Waals surface area contributed by atoms with Crippen molar-refractivity contribution >= 4 is 0 Å². The quantitative estimate of drug-likeness (QED) is 0.870. The van der Waals surface area contributed by atoms with E-state index in [1.807, 2.05) is 19.2 Å². The van der Waals surface area contributed by atoms with Gasteiger partial charge in [-0.05, 0) is 32.4 Å². The predicted octanol–water partition coefficient (Wildman–Crippen LogP) is 2.91. The van der Waals surface area contributed by atoms with Crippen LogP contribution >= 0.6 is 0 Å². The normalized spacial score (nSPS) is 19.1. The molecule has 0 aliphatic carbocycles. The molecule has 1 heterocycles. The van der Waals surface area contributed by atoms with Crippen LogP contribution in [-0.4, -0.2) is 20.3 Å². The highest BCUT2D eigenvalue weighted by molar-refractivity contribution is 5.48. The van der Waals surface area contributed by atoms with Crippen molar-refractivity contribution in [2.45, 2.75) is 32.2 Å². The topological polar surface area (TPSA) is 30.5 Å². The molecule has 94 valence electrons. The number of hydrogen-bond donors (Lipinski definition) is 1. The van der Waals surface area contributed by atoms with Crippen LogP contribution in [0, 0.1) is 0 Å². The molecule has 0 fully saturated rings. The molecule has 1 aromatic carbocycles. The lowest BCUT2D eigenvalue weighted by Gasteiger charge is -2.18. The molecule has 0 aromatic heterocycles. The van der Waals surface area contributed by atoms with E-state index >= 15 is 0 Å². The lowest BCUT2D eigenvalue weighted by Crippen LogP contribution is -2.15. The Kier molecular flexibility index (Phi) is 4.26. The average Bonchev–Trinajstić information content (AvgIpc) is 2.58. The Morgan fingerprint density at radius 1 is 1.47 bits per heavy atom. The molecule has 3 heteroatoms. The fourth-order valence-electron chi connectivity index (χ4n) is 2.20. The summed E-state index contributed by atoms with van der Waals surface area (Å²) in [7, 11) is 2.00. The minimum Gasteiger partial charge on any atom is -0.490 e. The van der Waals surface area contributed by atoms with Gasteiger partial charge in [0, 0.05) is 11.6 Å². The van der Waals surface area contributed by atoms with Crippen molar-refractivity contribution in [3.63, 3.8) is 0 Å². The van der Waals surface area contributed by atoms with E-state index in [0.717, 1.165) is 44.0 Å². The second-order valence-corrected chi connectivity index (χ2v) is 4.35. The molecule has 1 aliphatic rings. The number of para-hydroxylation sites is 1. The number of nitrogens with one attached hydrogen (secondary N) is 1. The van der Waals surface area contributed by atoms with E-state index < -0.39 is 0 Å². The van der Waals surface area contributed by atoms with Gasteiger partial charge in [-0.1, -0.05) is 19.1 Å². The molecule has 0 saturated heterocycles.